The van der Waals surface area contributed by atoms with Gasteiger partial charge in [-0.15, -0.1) is 11.3 Å². The first kappa shape index (κ1) is 21.1. The highest BCUT2D eigenvalue weighted by Gasteiger charge is 2.41. The van der Waals surface area contributed by atoms with Crippen LogP contribution in [0.1, 0.15) is 21.2 Å². The van der Waals surface area contributed by atoms with E-state index in [4.69, 9.17) is 14.2 Å². The zero-order valence-corrected chi connectivity index (χ0v) is 17.7. The fourth-order valence-corrected chi connectivity index (χ4v) is 4.33. The molecule has 2 amide bonds. The molecule has 156 valence electrons. The normalized spacial score (nSPS) is 18.5. The lowest BCUT2D eigenvalue weighted by Gasteiger charge is -2.20. The van der Waals surface area contributed by atoms with E-state index in [0.29, 0.717) is 42.6 Å². The number of nitrogens with zero attached hydrogens (tertiary/aromatic N) is 1. The summed E-state index contributed by atoms with van der Waals surface area (Å²) in [4.78, 5) is 28.2. The molecule has 2 heterocycles. The van der Waals surface area contributed by atoms with Crippen molar-refractivity contribution in [1.82, 2.24) is 10.2 Å². The van der Waals surface area contributed by atoms with Gasteiger partial charge in [0.2, 0.25) is 5.91 Å². The summed E-state index contributed by atoms with van der Waals surface area (Å²) >= 11 is 1.40. The maximum atomic E-state index is 12.9. The second kappa shape index (κ2) is 9.76. The second-order valence-electron chi connectivity index (χ2n) is 6.79. The van der Waals surface area contributed by atoms with Gasteiger partial charge in [-0.05, 0) is 17.5 Å². The molecule has 0 unspecified atom stereocenters. The molecule has 1 aliphatic heterocycles. The van der Waals surface area contributed by atoms with E-state index in [9.17, 15) is 9.59 Å². The lowest BCUT2D eigenvalue weighted by molar-refractivity contribution is -0.125. The number of hydrogen-bond acceptors (Lipinski definition) is 6. The van der Waals surface area contributed by atoms with Crippen LogP contribution in [-0.2, 0) is 9.53 Å². The average Bonchev–Trinajstić information content (AvgIpc) is 3.43. The molecule has 0 aliphatic carbocycles. The van der Waals surface area contributed by atoms with Crippen LogP contribution in [0.5, 0.6) is 11.5 Å². The first-order valence-corrected chi connectivity index (χ1v) is 10.3. The Labute approximate surface area is 174 Å². The van der Waals surface area contributed by atoms with Crippen LogP contribution in [-0.4, -0.2) is 64.3 Å². The minimum atomic E-state index is -0.377. The van der Waals surface area contributed by atoms with Crippen LogP contribution in [0.25, 0.3) is 0 Å². The zero-order chi connectivity index (χ0) is 20.8. The first-order chi connectivity index (χ1) is 14.1. The number of rotatable bonds is 8. The van der Waals surface area contributed by atoms with E-state index < -0.39 is 0 Å². The fraction of sp³-hybridized carbons (Fsp3) is 0.429. The number of carbonyl (C=O) groups excluding carboxylic acids is 2. The minimum Gasteiger partial charge on any atom is -0.497 e. The molecule has 0 saturated carbocycles. The van der Waals surface area contributed by atoms with Crippen molar-refractivity contribution in [2.45, 2.75) is 5.92 Å². The maximum absolute atomic E-state index is 12.9. The molecular formula is C21H26N2O5S. The van der Waals surface area contributed by atoms with E-state index in [1.165, 1.54) is 11.3 Å². The van der Waals surface area contributed by atoms with Crippen molar-refractivity contribution in [3.05, 3.63) is 46.2 Å². The fourth-order valence-electron chi connectivity index (χ4n) is 3.64. The smallest absolute Gasteiger partial charge is 0.263 e. The first-order valence-electron chi connectivity index (χ1n) is 9.40. The van der Waals surface area contributed by atoms with Gasteiger partial charge in [0, 0.05) is 44.3 Å². The predicted molar refractivity (Wildman–Crippen MR) is 111 cm³/mol. The highest BCUT2D eigenvalue weighted by Crippen LogP contribution is 2.39. The Kier molecular flexibility index (Phi) is 7.11. The van der Waals surface area contributed by atoms with E-state index in [0.717, 1.165) is 5.56 Å². The summed E-state index contributed by atoms with van der Waals surface area (Å²) in [7, 11) is 4.78. The monoisotopic (exact) mass is 418 g/mol. The molecule has 8 heteroatoms. The largest absolute Gasteiger partial charge is 0.497 e. The third-order valence-electron chi connectivity index (χ3n) is 5.12. The lowest BCUT2D eigenvalue weighted by Crippen LogP contribution is -2.37. The molecule has 1 saturated heterocycles. The maximum Gasteiger partial charge on any atom is 0.263 e. The number of nitrogens with one attached hydrogen (secondary N) is 1. The lowest BCUT2D eigenvalue weighted by atomic mass is 9.87. The number of benzene rings is 1. The van der Waals surface area contributed by atoms with E-state index in [1.54, 1.807) is 32.3 Å². The van der Waals surface area contributed by atoms with Gasteiger partial charge in [0.15, 0.2) is 0 Å². The quantitative estimate of drug-likeness (QED) is 0.666. The van der Waals surface area contributed by atoms with Crippen molar-refractivity contribution in [2.24, 2.45) is 5.92 Å². The standard InChI is InChI=1S/C21H26N2O5S/c1-26-9-8-22-20(24)17-13-23(21(25)19-5-4-10-29-19)12-16(17)15-7-6-14(27-2)11-18(15)28-3/h4-7,10-11,16-17H,8-9,12-13H2,1-3H3,(H,22,24)/t16-,17-/m0/s1. The van der Waals surface area contributed by atoms with Crippen molar-refractivity contribution in [1.29, 1.82) is 0 Å². The number of hydrogen-bond donors (Lipinski definition) is 1. The van der Waals surface area contributed by atoms with Crippen molar-refractivity contribution < 1.29 is 23.8 Å². The summed E-state index contributed by atoms with van der Waals surface area (Å²) in [5.41, 5.74) is 0.890. The van der Waals surface area contributed by atoms with Crippen LogP contribution >= 0.6 is 11.3 Å². The highest BCUT2D eigenvalue weighted by molar-refractivity contribution is 7.12. The Morgan fingerprint density at radius 2 is 2.00 bits per heavy atom. The summed E-state index contributed by atoms with van der Waals surface area (Å²) < 4.78 is 15.9. The Morgan fingerprint density at radius 1 is 1.17 bits per heavy atom. The average molecular weight is 419 g/mol. The zero-order valence-electron chi connectivity index (χ0n) is 16.8. The second-order valence-corrected chi connectivity index (χ2v) is 7.74. The van der Waals surface area contributed by atoms with Gasteiger partial charge < -0.3 is 24.4 Å². The van der Waals surface area contributed by atoms with Gasteiger partial charge >= 0.3 is 0 Å². The Balaban J connectivity index is 1.88. The van der Waals surface area contributed by atoms with Crippen molar-refractivity contribution >= 4 is 23.2 Å². The SMILES string of the molecule is COCCNC(=O)[C@H]1CN(C(=O)c2cccs2)C[C@H]1c1ccc(OC)cc1OC. The molecule has 3 rings (SSSR count). The van der Waals surface area contributed by atoms with Gasteiger partial charge in [-0.3, -0.25) is 9.59 Å². The van der Waals surface area contributed by atoms with E-state index in [2.05, 4.69) is 5.32 Å². The molecule has 2 atom stereocenters. The summed E-state index contributed by atoms with van der Waals surface area (Å²) in [6.45, 7) is 1.67. The number of ether oxygens (including phenoxy) is 3. The van der Waals surface area contributed by atoms with Gasteiger partial charge in [0.1, 0.15) is 11.5 Å². The summed E-state index contributed by atoms with van der Waals surface area (Å²) in [5, 5.41) is 4.79. The van der Waals surface area contributed by atoms with Gasteiger partial charge in [-0.2, -0.15) is 0 Å². The summed E-state index contributed by atoms with van der Waals surface area (Å²) in [5.74, 6) is 0.627. The molecule has 1 aromatic heterocycles. The molecular weight excluding hydrogens is 392 g/mol. The van der Waals surface area contributed by atoms with Crippen molar-refractivity contribution in [3.8, 4) is 11.5 Å². The topological polar surface area (TPSA) is 77.1 Å². The molecule has 1 fully saturated rings. The van der Waals surface area contributed by atoms with E-state index >= 15 is 0 Å². The highest BCUT2D eigenvalue weighted by atomic mass is 32.1. The molecule has 0 bridgehead atoms. The molecule has 2 aromatic rings. The molecule has 0 radical (unpaired) electrons. The van der Waals surface area contributed by atoms with E-state index in [-0.39, 0.29) is 23.7 Å². The van der Waals surface area contributed by atoms with Crippen LogP contribution < -0.4 is 14.8 Å². The molecule has 1 aromatic carbocycles. The van der Waals surface area contributed by atoms with Gasteiger partial charge in [0.25, 0.3) is 5.91 Å². The molecule has 7 nitrogen and oxygen atoms in total. The third kappa shape index (κ3) is 4.71. The number of likely N-dealkylation sites (tertiary alicyclic amines) is 1. The Morgan fingerprint density at radius 3 is 2.66 bits per heavy atom. The van der Waals surface area contributed by atoms with Crippen molar-refractivity contribution in [3.63, 3.8) is 0 Å². The van der Waals surface area contributed by atoms with Crippen LogP contribution in [0, 0.1) is 5.92 Å². The van der Waals surface area contributed by atoms with Crippen LogP contribution in [0.4, 0.5) is 0 Å². The summed E-state index contributed by atoms with van der Waals surface area (Å²) in [6.07, 6.45) is 0. The number of carbonyl (C=O) groups is 2. The van der Waals surface area contributed by atoms with Gasteiger partial charge in [-0.25, -0.2) is 0 Å². The number of methoxy groups -OCH3 is 3. The predicted octanol–water partition coefficient (Wildman–Crippen LogP) is 2.38. The van der Waals surface area contributed by atoms with E-state index in [1.807, 2.05) is 29.6 Å². The minimum absolute atomic E-state index is 0.0512. The molecule has 1 N–H and O–H groups in total. The number of amides is 2. The van der Waals surface area contributed by atoms with Crippen LogP contribution in [0.3, 0.4) is 0 Å². The molecule has 29 heavy (non-hydrogen) atoms. The van der Waals surface area contributed by atoms with Crippen LogP contribution in [0.15, 0.2) is 35.7 Å². The number of thiophene rings is 1. The van der Waals surface area contributed by atoms with Crippen LogP contribution in [0.2, 0.25) is 0 Å². The van der Waals surface area contributed by atoms with Crippen molar-refractivity contribution in [2.75, 3.05) is 47.6 Å². The molecule has 0 spiro atoms. The Hall–Kier alpha value is -2.58. The van der Waals surface area contributed by atoms with Gasteiger partial charge in [-0.1, -0.05) is 12.1 Å². The molecule has 1 aliphatic rings. The Bertz CT molecular complexity index is 840. The summed E-state index contributed by atoms with van der Waals surface area (Å²) in [6, 6.07) is 9.23. The third-order valence-corrected chi connectivity index (χ3v) is 5.98. The van der Waals surface area contributed by atoms with Gasteiger partial charge in [0.05, 0.1) is 31.6 Å².